The fourth-order valence-electron chi connectivity index (χ4n) is 3.03. The molecule has 1 fully saturated rings. The van der Waals surface area contributed by atoms with E-state index in [0.717, 1.165) is 0 Å². The third-order valence-electron chi connectivity index (χ3n) is 4.32. The van der Waals surface area contributed by atoms with E-state index in [1.54, 1.807) is 19.1 Å². The molecular formula is C15H20ClF3N2O. The molecule has 124 valence electrons. The van der Waals surface area contributed by atoms with E-state index in [4.69, 9.17) is 5.73 Å². The second-order valence-corrected chi connectivity index (χ2v) is 6.07. The maximum absolute atomic E-state index is 13.1. The number of nitrogen functional groups attached to an aromatic ring is 1. The van der Waals surface area contributed by atoms with E-state index >= 15 is 0 Å². The number of hydrogen-bond acceptors (Lipinski definition) is 2. The van der Waals surface area contributed by atoms with Crippen LogP contribution in [0.25, 0.3) is 0 Å². The summed E-state index contributed by atoms with van der Waals surface area (Å²) in [5.41, 5.74) is 5.92. The van der Waals surface area contributed by atoms with Crippen molar-refractivity contribution >= 4 is 24.0 Å². The fraction of sp³-hybridized carbons (Fsp3) is 0.533. The molecule has 2 rings (SSSR count). The second-order valence-electron chi connectivity index (χ2n) is 6.07. The predicted molar refractivity (Wildman–Crippen MR) is 82.1 cm³/mol. The van der Waals surface area contributed by atoms with Gasteiger partial charge in [-0.25, -0.2) is 0 Å². The number of hydrogen-bond donors (Lipinski definition) is 1. The van der Waals surface area contributed by atoms with Gasteiger partial charge in [-0.1, -0.05) is 6.07 Å². The topological polar surface area (TPSA) is 46.3 Å². The Kier molecular flexibility index (Phi) is 5.07. The van der Waals surface area contributed by atoms with Gasteiger partial charge in [-0.15, -0.1) is 12.4 Å². The lowest BCUT2D eigenvalue weighted by Crippen LogP contribution is -2.49. The summed E-state index contributed by atoms with van der Waals surface area (Å²) in [5.74, 6) is -1.90. The van der Waals surface area contributed by atoms with E-state index in [-0.39, 0.29) is 25.4 Å². The molecule has 1 heterocycles. The Morgan fingerprint density at radius 3 is 2.45 bits per heavy atom. The Hall–Kier alpha value is -1.43. The van der Waals surface area contributed by atoms with Crippen molar-refractivity contribution in [3.8, 4) is 0 Å². The van der Waals surface area contributed by atoms with Crippen molar-refractivity contribution in [2.75, 3.05) is 12.3 Å². The molecule has 1 amide bonds. The smallest absolute Gasteiger partial charge is 0.394 e. The molecule has 7 heteroatoms. The number of likely N-dealkylation sites (tertiary alicyclic amines) is 1. The van der Waals surface area contributed by atoms with Gasteiger partial charge in [0.15, 0.2) is 0 Å². The van der Waals surface area contributed by atoms with Gasteiger partial charge < -0.3 is 10.6 Å². The maximum Gasteiger partial charge on any atom is 0.394 e. The molecule has 2 N–H and O–H groups in total. The number of halogens is 4. The molecular weight excluding hydrogens is 317 g/mol. The zero-order valence-electron chi connectivity index (χ0n) is 12.7. The van der Waals surface area contributed by atoms with Crippen LogP contribution in [0.2, 0.25) is 0 Å². The number of alkyl halides is 3. The van der Waals surface area contributed by atoms with Crippen molar-refractivity contribution in [3.63, 3.8) is 0 Å². The molecule has 0 bridgehead atoms. The highest BCUT2D eigenvalue weighted by molar-refractivity contribution is 5.97. The Labute approximate surface area is 134 Å². The zero-order chi connectivity index (χ0) is 16.0. The molecule has 3 nitrogen and oxygen atoms in total. The summed E-state index contributed by atoms with van der Waals surface area (Å²) >= 11 is 0. The number of benzene rings is 1. The molecule has 0 aliphatic carbocycles. The molecule has 1 aromatic carbocycles. The normalized spacial score (nSPS) is 20.6. The van der Waals surface area contributed by atoms with Crippen molar-refractivity contribution in [2.24, 2.45) is 5.92 Å². The molecule has 1 saturated heterocycles. The first-order valence-electron chi connectivity index (χ1n) is 6.80. The summed E-state index contributed by atoms with van der Waals surface area (Å²) in [4.78, 5) is 13.9. The fourth-order valence-corrected chi connectivity index (χ4v) is 3.03. The Bertz CT molecular complexity index is 572. The Morgan fingerprint density at radius 1 is 1.36 bits per heavy atom. The highest BCUT2D eigenvalue weighted by atomic mass is 35.5. The number of amides is 1. The second kappa shape index (κ2) is 5.99. The standard InChI is InChI=1S/C15H19F3N2O.ClH/c1-9-4-5-10(19)8-11(9)13(21)20-7-6-12(14(20,2)3)15(16,17)18;/h4-5,8,12H,6-7,19H2,1-3H3;1H. The van der Waals surface area contributed by atoms with Gasteiger partial charge >= 0.3 is 6.18 Å². The lowest BCUT2D eigenvalue weighted by Gasteiger charge is -2.37. The van der Waals surface area contributed by atoms with E-state index in [1.165, 1.54) is 24.8 Å². The summed E-state index contributed by atoms with van der Waals surface area (Å²) in [6, 6.07) is 4.89. The zero-order valence-corrected chi connectivity index (χ0v) is 13.5. The van der Waals surface area contributed by atoms with Crippen molar-refractivity contribution in [3.05, 3.63) is 29.3 Å². The lowest BCUT2D eigenvalue weighted by molar-refractivity contribution is -0.189. The van der Waals surface area contributed by atoms with E-state index in [9.17, 15) is 18.0 Å². The minimum atomic E-state index is -4.30. The number of rotatable bonds is 1. The molecule has 0 spiro atoms. The molecule has 22 heavy (non-hydrogen) atoms. The van der Waals surface area contributed by atoms with Gasteiger partial charge in [0.1, 0.15) is 0 Å². The summed E-state index contributed by atoms with van der Waals surface area (Å²) in [6.07, 6.45) is -4.37. The molecule has 0 radical (unpaired) electrons. The van der Waals surface area contributed by atoms with E-state index in [1.807, 2.05) is 0 Å². The van der Waals surface area contributed by atoms with Crippen LogP contribution in [0.3, 0.4) is 0 Å². The number of nitrogens with zero attached hydrogens (tertiary/aromatic N) is 1. The molecule has 0 aromatic heterocycles. The lowest BCUT2D eigenvalue weighted by atomic mass is 9.87. The van der Waals surface area contributed by atoms with Crippen LogP contribution in [-0.2, 0) is 0 Å². The third kappa shape index (κ3) is 3.16. The quantitative estimate of drug-likeness (QED) is 0.793. The largest absolute Gasteiger partial charge is 0.399 e. The van der Waals surface area contributed by atoms with E-state index in [2.05, 4.69) is 0 Å². The number of nitrogens with two attached hydrogens (primary N) is 1. The van der Waals surface area contributed by atoms with Gasteiger partial charge in [0.2, 0.25) is 0 Å². The van der Waals surface area contributed by atoms with Crippen LogP contribution in [0, 0.1) is 12.8 Å². The van der Waals surface area contributed by atoms with Gasteiger partial charge in [0.25, 0.3) is 5.91 Å². The van der Waals surface area contributed by atoms with Crippen LogP contribution in [0.4, 0.5) is 18.9 Å². The van der Waals surface area contributed by atoms with Crippen LogP contribution in [0.15, 0.2) is 18.2 Å². The van der Waals surface area contributed by atoms with Crippen molar-refractivity contribution in [2.45, 2.75) is 38.9 Å². The van der Waals surface area contributed by atoms with Crippen molar-refractivity contribution in [1.82, 2.24) is 4.90 Å². The number of carbonyl (C=O) groups is 1. The maximum atomic E-state index is 13.1. The molecule has 1 atom stereocenters. The minimum Gasteiger partial charge on any atom is -0.399 e. The van der Waals surface area contributed by atoms with Crippen LogP contribution in [-0.4, -0.2) is 29.1 Å². The summed E-state index contributed by atoms with van der Waals surface area (Å²) in [5, 5.41) is 0. The summed E-state index contributed by atoms with van der Waals surface area (Å²) in [7, 11) is 0. The van der Waals surface area contributed by atoms with Crippen molar-refractivity contribution < 1.29 is 18.0 Å². The van der Waals surface area contributed by atoms with E-state index in [0.29, 0.717) is 16.8 Å². The third-order valence-corrected chi connectivity index (χ3v) is 4.32. The highest BCUT2D eigenvalue weighted by Gasteiger charge is 2.56. The van der Waals surface area contributed by atoms with E-state index < -0.39 is 23.5 Å². The minimum absolute atomic E-state index is 0. The molecule has 1 aromatic rings. The molecule has 1 aliphatic heterocycles. The first kappa shape index (κ1) is 18.6. The van der Waals surface area contributed by atoms with Gasteiger partial charge in [-0.3, -0.25) is 4.79 Å². The number of carbonyl (C=O) groups excluding carboxylic acids is 1. The number of anilines is 1. The SMILES string of the molecule is Cc1ccc(N)cc1C(=O)N1CCC(C(F)(F)F)C1(C)C.Cl. The average molecular weight is 337 g/mol. The predicted octanol–water partition coefficient (Wildman–Crippen LogP) is 3.80. The molecule has 1 unspecified atom stereocenters. The van der Waals surface area contributed by atoms with Crippen LogP contribution in [0.1, 0.15) is 36.2 Å². The van der Waals surface area contributed by atoms with Gasteiger partial charge in [-0.05, 0) is 44.9 Å². The molecule has 1 aliphatic rings. The Morgan fingerprint density at radius 2 is 1.95 bits per heavy atom. The number of aryl methyl sites for hydroxylation is 1. The van der Waals surface area contributed by atoms with Crippen molar-refractivity contribution in [1.29, 1.82) is 0 Å². The van der Waals surface area contributed by atoms with Gasteiger partial charge in [-0.2, -0.15) is 13.2 Å². The molecule has 0 saturated carbocycles. The highest BCUT2D eigenvalue weighted by Crippen LogP contribution is 2.45. The Balaban J connectivity index is 0.00000242. The average Bonchev–Trinajstić information content (AvgIpc) is 2.66. The van der Waals surface area contributed by atoms with Gasteiger partial charge in [0.05, 0.1) is 5.92 Å². The van der Waals surface area contributed by atoms with Gasteiger partial charge in [0, 0.05) is 23.3 Å². The summed E-state index contributed by atoms with van der Waals surface area (Å²) < 4.78 is 39.2. The van der Waals surface area contributed by atoms with Crippen LogP contribution in [0.5, 0.6) is 0 Å². The van der Waals surface area contributed by atoms with Crippen LogP contribution >= 0.6 is 12.4 Å². The first-order valence-corrected chi connectivity index (χ1v) is 6.80. The summed E-state index contributed by atoms with van der Waals surface area (Å²) in [6.45, 7) is 4.79. The first-order chi connectivity index (χ1) is 9.55. The monoisotopic (exact) mass is 336 g/mol. The van der Waals surface area contributed by atoms with Crippen LogP contribution < -0.4 is 5.73 Å².